The van der Waals surface area contributed by atoms with E-state index >= 15 is 0 Å². The van der Waals surface area contributed by atoms with E-state index in [2.05, 4.69) is 26.1 Å². The largest absolute Gasteiger partial charge is 0.381 e. The molecule has 1 amide bonds. The fourth-order valence-electron chi connectivity index (χ4n) is 2.51. The SMILES string of the molecule is CCCOCCC(=O)N(CC1CCCNC1)C(C)C. The van der Waals surface area contributed by atoms with Gasteiger partial charge in [0.25, 0.3) is 0 Å². The van der Waals surface area contributed by atoms with Crippen molar-refractivity contribution < 1.29 is 9.53 Å². The highest BCUT2D eigenvalue weighted by Gasteiger charge is 2.22. The van der Waals surface area contributed by atoms with Gasteiger partial charge < -0.3 is 15.0 Å². The number of ether oxygens (including phenoxy) is 1. The number of rotatable bonds is 8. The second-order valence-corrected chi connectivity index (χ2v) is 5.71. The smallest absolute Gasteiger partial charge is 0.225 e. The molecule has 0 aromatic rings. The van der Waals surface area contributed by atoms with Crippen molar-refractivity contribution in [3.05, 3.63) is 0 Å². The lowest BCUT2D eigenvalue weighted by atomic mass is 9.98. The van der Waals surface area contributed by atoms with Gasteiger partial charge in [-0.1, -0.05) is 6.92 Å². The molecule has 1 aliphatic rings. The Morgan fingerprint density at radius 3 is 2.79 bits per heavy atom. The number of nitrogens with one attached hydrogen (secondary N) is 1. The van der Waals surface area contributed by atoms with Crippen molar-refractivity contribution in [1.82, 2.24) is 10.2 Å². The maximum Gasteiger partial charge on any atom is 0.225 e. The van der Waals surface area contributed by atoms with Crippen LogP contribution in [0.15, 0.2) is 0 Å². The summed E-state index contributed by atoms with van der Waals surface area (Å²) < 4.78 is 5.41. The maximum absolute atomic E-state index is 12.2. The molecule has 1 atom stereocenters. The molecule has 0 aromatic heterocycles. The molecule has 0 aromatic carbocycles. The maximum atomic E-state index is 12.2. The van der Waals surface area contributed by atoms with E-state index < -0.39 is 0 Å². The van der Waals surface area contributed by atoms with Crippen LogP contribution in [-0.2, 0) is 9.53 Å². The number of hydrogen-bond acceptors (Lipinski definition) is 3. The van der Waals surface area contributed by atoms with E-state index in [-0.39, 0.29) is 11.9 Å². The van der Waals surface area contributed by atoms with Gasteiger partial charge in [0.05, 0.1) is 13.0 Å². The third-order valence-electron chi connectivity index (χ3n) is 3.61. The number of piperidine rings is 1. The molecule has 0 saturated carbocycles. The van der Waals surface area contributed by atoms with Gasteiger partial charge in [0.2, 0.25) is 5.91 Å². The van der Waals surface area contributed by atoms with Crippen molar-refractivity contribution in [2.24, 2.45) is 5.92 Å². The molecule has 1 fully saturated rings. The second-order valence-electron chi connectivity index (χ2n) is 5.71. The molecule has 1 unspecified atom stereocenters. The Morgan fingerprint density at radius 2 is 2.21 bits per heavy atom. The summed E-state index contributed by atoms with van der Waals surface area (Å²) >= 11 is 0. The zero-order valence-electron chi connectivity index (χ0n) is 12.8. The van der Waals surface area contributed by atoms with E-state index in [1.54, 1.807) is 0 Å². The Morgan fingerprint density at radius 1 is 1.42 bits per heavy atom. The van der Waals surface area contributed by atoms with Crippen molar-refractivity contribution >= 4 is 5.91 Å². The van der Waals surface area contributed by atoms with Crippen LogP contribution in [0.1, 0.15) is 46.5 Å². The van der Waals surface area contributed by atoms with Gasteiger partial charge in [-0.2, -0.15) is 0 Å². The molecule has 4 nitrogen and oxygen atoms in total. The lowest BCUT2D eigenvalue weighted by Crippen LogP contribution is -2.44. The minimum absolute atomic E-state index is 0.233. The Bertz CT molecular complexity index is 251. The standard InChI is InChI=1S/C15H30N2O2/c1-4-9-19-10-7-15(18)17(13(2)3)12-14-6-5-8-16-11-14/h13-14,16H,4-12H2,1-3H3. The molecule has 0 spiro atoms. The third kappa shape index (κ3) is 6.39. The number of amides is 1. The fraction of sp³-hybridized carbons (Fsp3) is 0.933. The van der Waals surface area contributed by atoms with E-state index in [0.29, 0.717) is 18.9 Å². The molecule has 1 rings (SSSR count). The Balaban J connectivity index is 2.35. The fourth-order valence-corrected chi connectivity index (χ4v) is 2.51. The van der Waals surface area contributed by atoms with Crippen LogP contribution in [0.5, 0.6) is 0 Å². The first kappa shape index (κ1) is 16.4. The van der Waals surface area contributed by atoms with Crippen LogP contribution in [0.3, 0.4) is 0 Å². The molecule has 4 heteroatoms. The molecule has 1 N–H and O–H groups in total. The van der Waals surface area contributed by atoms with Crippen molar-refractivity contribution in [2.45, 2.75) is 52.5 Å². The summed E-state index contributed by atoms with van der Waals surface area (Å²) in [5, 5.41) is 3.42. The van der Waals surface area contributed by atoms with E-state index in [9.17, 15) is 4.79 Å². The normalized spacial score (nSPS) is 19.7. The van der Waals surface area contributed by atoms with Gasteiger partial charge in [-0.05, 0) is 52.1 Å². The average molecular weight is 270 g/mol. The van der Waals surface area contributed by atoms with Gasteiger partial charge in [0.15, 0.2) is 0 Å². The monoisotopic (exact) mass is 270 g/mol. The van der Waals surface area contributed by atoms with Crippen LogP contribution in [0.2, 0.25) is 0 Å². The lowest BCUT2D eigenvalue weighted by molar-refractivity contribution is -0.134. The van der Waals surface area contributed by atoms with Crippen LogP contribution >= 0.6 is 0 Å². The molecule has 1 aliphatic heterocycles. The van der Waals surface area contributed by atoms with Crippen molar-refractivity contribution in [3.8, 4) is 0 Å². The van der Waals surface area contributed by atoms with Gasteiger partial charge in [-0.15, -0.1) is 0 Å². The topological polar surface area (TPSA) is 41.6 Å². The van der Waals surface area contributed by atoms with Crippen molar-refractivity contribution in [2.75, 3.05) is 32.8 Å². The van der Waals surface area contributed by atoms with Gasteiger partial charge in [0.1, 0.15) is 0 Å². The lowest BCUT2D eigenvalue weighted by Gasteiger charge is -2.33. The van der Waals surface area contributed by atoms with Crippen LogP contribution in [0, 0.1) is 5.92 Å². The van der Waals surface area contributed by atoms with Crippen LogP contribution in [-0.4, -0.2) is 49.7 Å². The summed E-state index contributed by atoms with van der Waals surface area (Å²) in [5.41, 5.74) is 0. The summed E-state index contributed by atoms with van der Waals surface area (Å²) in [4.78, 5) is 14.3. The highest BCUT2D eigenvalue weighted by molar-refractivity contribution is 5.76. The molecule has 1 saturated heterocycles. The minimum Gasteiger partial charge on any atom is -0.381 e. The third-order valence-corrected chi connectivity index (χ3v) is 3.61. The Kier molecular flexibility index (Phi) is 8.07. The zero-order valence-corrected chi connectivity index (χ0v) is 12.8. The summed E-state index contributed by atoms with van der Waals surface area (Å²) in [5.74, 6) is 0.841. The van der Waals surface area contributed by atoms with Crippen LogP contribution in [0.25, 0.3) is 0 Å². The van der Waals surface area contributed by atoms with Gasteiger partial charge in [0, 0.05) is 19.2 Å². The molecule has 112 valence electrons. The number of carbonyl (C=O) groups is 1. The van der Waals surface area contributed by atoms with Crippen LogP contribution < -0.4 is 5.32 Å². The van der Waals surface area contributed by atoms with Gasteiger partial charge >= 0.3 is 0 Å². The second kappa shape index (κ2) is 9.32. The molecular weight excluding hydrogens is 240 g/mol. The highest BCUT2D eigenvalue weighted by Crippen LogP contribution is 2.14. The van der Waals surface area contributed by atoms with Gasteiger partial charge in [-0.25, -0.2) is 0 Å². The quantitative estimate of drug-likeness (QED) is 0.686. The van der Waals surface area contributed by atoms with E-state index in [1.807, 2.05) is 4.90 Å². The minimum atomic E-state index is 0.233. The molecule has 19 heavy (non-hydrogen) atoms. The highest BCUT2D eigenvalue weighted by atomic mass is 16.5. The first-order chi connectivity index (χ1) is 9.15. The number of carbonyl (C=O) groups excluding carboxylic acids is 1. The van der Waals surface area contributed by atoms with Crippen molar-refractivity contribution in [3.63, 3.8) is 0 Å². The Labute approximate surface area is 117 Å². The summed E-state index contributed by atoms with van der Waals surface area (Å²) in [6, 6.07) is 0.278. The predicted octanol–water partition coefficient (Wildman–Crippen LogP) is 2.04. The van der Waals surface area contributed by atoms with E-state index in [1.165, 1.54) is 12.8 Å². The summed E-state index contributed by atoms with van der Waals surface area (Å²) in [6.45, 7) is 10.6. The van der Waals surface area contributed by atoms with E-state index in [0.717, 1.165) is 32.7 Å². The van der Waals surface area contributed by atoms with E-state index in [4.69, 9.17) is 4.74 Å². The first-order valence-electron chi connectivity index (χ1n) is 7.73. The predicted molar refractivity (Wildman–Crippen MR) is 78.2 cm³/mol. The van der Waals surface area contributed by atoms with Crippen LogP contribution in [0.4, 0.5) is 0 Å². The molecule has 0 radical (unpaired) electrons. The van der Waals surface area contributed by atoms with Crippen molar-refractivity contribution in [1.29, 1.82) is 0 Å². The number of hydrogen-bond donors (Lipinski definition) is 1. The summed E-state index contributed by atoms with van der Waals surface area (Å²) in [6.07, 6.45) is 3.98. The first-order valence-corrected chi connectivity index (χ1v) is 7.73. The molecule has 1 heterocycles. The summed E-state index contributed by atoms with van der Waals surface area (Å²) in [7, 11) is 0. The number of nitrogens with zero attached hydrogens (tertiary/aromatic N) is 1. The molecular formula is C15H30N2O2. The average Bonchev–Trinajstić information content (AvgIpc) is 2.41. The van der Waals surface area contributed by atoms with Gasteiger partial charge in [-0.3, -0.25) is 4.79 Å². The molecule has 0 bridgehead atoms. The Hall–Kier alpha value is -0.610. The molecule has 0 aliphatic carbocycles. The zero-order chi connectivity index (χ0) is 14.1.